The Bertz CT molecular complexity index is 9880. The van der Waals surface area contributed by atoms with Gasteiger partial charge in [-0.25, -0.2) is 0 Å². The number of benzene rings is 22. The molecule has 22 aromatic carbocycles. The molecule has 0 bridgehead atoms. The number of rotatable bonds is 14. The zero-order chi connectivity index (χ0) is 93.7. The molecule has 0 unspecified atom stereocenters. The molecule has 141 heavy (non-hydrogen) atoms. The van der Waals surface area contributed by atoms with E-state index in [-0.39, 0.29) is 16.7 Å². The zero-order valence-corrected chi connectivity index (χ0v) is 80.8. The maximum absolute atomic E-state index is 7.02. The molecule has 0 saturated carbocycles. The number of hydrogen-bond acceptors (Lipinski definition) is 10. The van der Waals surface area contributed by atoms with E-state index in [1.165, 1.54) is 167 Å². The van der Waals surface area contributed by atoms with E-state index in [1.54, 1.807) is 0 Å². The third-order valence-corrected chi connectivity index (χ3v) is 33.9. The molecule has 30 rings (SSSR count). The van der Waals surface area contributed by atoms with Gasteiger partial charge in [-0.1, -0.05) is 291 Å². The standard InChI is InChI=1S/C72H50N2O4.C59H44N2S2/c1-40(2)52-39-60(74(57-27-15-23-49-44-19-7-11-31-63(44)77-70(49)57)58-28-16-24-50-45-20-8-12-32-64(45)78-71(50)58)53-38-54-65-41(35-36-72(54,3)4)37-59(51-34-33-46(52)66(53)67(51)65)73(55-25-13-21-47-42-17-5-9-29-61(42)75-68(47)55)56-26-14-22-48-43-18-6-10-30-62(43)76-69(48)56;1-4-36-33-51(61(39-19-9-6-10-20-39)49-26-16-24-44-42-22-12-14-28-53(42)63-58(44)49)46-35-47-54-37(31-32-59(47,2)3)34-50(45-30-29-40(36)55(46)56(45)54)60(38-17-7-5-8-18-38)48-25-15-23-43-41-21-11-13-27-52(41)62-57(43)48/h5-34,37-40H,35-36H2,1-4H3;5-30,33-35H,4,31-32H2,1-3H3. The molecule has 0 amide bonds. The molecule has 6 heterocycles. The number of fused-ring (bicyclic) bond motifs is 18. The van der Waals surface area contributed by atoms with Crippen molar-refractivity contribution in [3.63, 3.8) is 0 Å². The average Bonchev–Trinajstić information content (AvgIpc) is 0.857. The van der Waals surface area contributed by atoms with Crippen molar-refractivity contribution >= 4 is 284 Å². The van der Waals surface area contributed by atoms with Gasteiger partial charge in [0.05, 0.1) is 66.3 Å². The number of anilines is 12. The summed E-state index contributed by atoms with van der Waals surface area (Å²) in [6.45, 7) is 16.8. The van der Waals surface area contributed by atoms with E-state index in [9.17, 15) is 0 Å². The molecule has 0 saturated heterocycles. The van der Waals surface area contributed by atoms with Gasteiger partial charge in [-0.3, -0.25) is 0 Å². The first-order valence-electron chi connectivity index (χ1n) is 49.6. The van der Waals surface area contributed by atoms with Gasteiger partial charge < -0.3 is 37.3 Å². The quantitative estimate of drug-likeness (QED) is 0.0998. The minimum atomic E-state index is -0.142. The molecule has 0 atom stereocenters. The number of thiophene rings is 2. The molecule has 6 aromatic heterocycles. The Morgan fingerprint density at radius 2 is 0.574 bits per heavy atom. The van der Waals surface area contributed by atoms with Gasteiger partial charge in [-0.2, -0.15) is 0 Å². The van der Waals surface area contributed by atoms with Gasteiger partial charge in [0, 0.05) is 118 Å². The highest BCUT2D eigenvalue weighted by Crippen LogP contribution is 2.61. The lowest BCUT2D eigenvalue weighted by Gasteiger charge is -2.37. The minimum absolute atomic E-state index is 0.00709. The van der Waals surface area contributed by atoms with Crippen LogP contribution in [0.25, 0.3) is 193 Å². The zero-order valence-electron chi connectivity index (χ0n) is 79.1. The van der Waals surface area contributed by atoms with Crippen LogP contribution in [0.15, 0.2) is 394 Å². The Balaban J connectivity index is 0.000000138. The van der Waals surface area contributed by atoms with Crippen molar-refractivity contribution in [2.75, 3.05) is 19.6 Å². The van der Waals surface area contributed by atoms with Crippen molar-refractivity contribution in [2.45, 2.75) is 97.3 Å². The highest BCUT2D eigenvalue weighted by Gasteiger charge is 2.39. The predicted molar refractivity (Wildman–Crippen MR) is 600 cm³/mol. The maximum atomic E-state index is 7.02. The van der Waals surface area contributed by atoms with E-state index in [4.69, 9.17) is 17.7 Å². The fourth-order valence-electron chi connectivity index (χ4n) is 24.7. The van der Waals surface area contributed by atoms with E-state index in [2.05, 4.69) is 444 Å². The third kappa shape index (κ3) is 12.1. The summed E-state index contributed by atoms with van der Waals surface area (Å²) >= 11 is 3.81. The van der Waals surface area contributed by atoms with E-state index in [0.29, 0.717) is 0 Å². The van der Waals surface area contributed by atoms with Crippen molar-refractivity contribution in [2.24, 2.45) is 0 Å². The number of nitrogens with zero attached hydrogens (tertiary/aromatic N) is 4. The van der Waals surface area contributed by atoms with Gasteiger partial charge in [0.1, 0.15) is 22.3 Å². The van der Waals surface area contributed by atoms with Crippen LogP contribution in [-0.2, 0) is 30.1 Å². The topological polar surface area (TPSA) is 65.5 Å². The molecule has 10 heteroatoms. The van der Waals surface area contributed by atoms with Crippen LogP contribution < -0.4 is 19.6 Å². The van der Waals surface area contributed by atoms with E-state index >= 15 is 0 Å². The van der Waals surface area contributed by atoms with E-state index in [1.807, 2.05) is 22.7 Å². The summed E-state index contributed by atoms with van der Waals surface area (Å²) in [7, 11) is 0. The molecular formula is C131H94N4O4S2. The lowest BCUT2D eigenvalue weighted by Crippen LogP contribution is -2.24. The Kier molecular flexibility index (Phi) is 17.9. The van der Waals surface area contributed by atoms with Crippen LogP contribution in [0.2, 0.25) is 0 Å². The van der Waals surface area contributed by atoms with Gasteiger partial charge >= 0.3 is 0 Å². The summed E-state index contributed by atoms with van der Waals surface area (Å²) < 4.78 is 33.3. The van der Waals surface area contributed by atoms with Crippen LogP contribution in [0.3, 0.4) is 0 Å². The summed E-state index contributed by atoms with van der Waals surface area (Å²) in [5, 5.41) is 29.5. The largest absolute Gasteiger partial charge is 0.454 e. The van der Waals surface area contributed by atoms with Crippen LogP contribution in [0.1, 0.15) is 101 Å². The Morgan fingerprint density at radius 3 is 0.972 bits per heavy atom. The molecule has 2 aliphatic rings. The highest BCUT2D eigenvalue weighted by molar-refractivity contribution is 7.27. The summed E-state index contributed by atoms with van der Waals surface area (Å²) in [5.74, 6) is 0.176. The van der Waals surface area contributed by atoms with Crippen LogP contribution in [0, 0.1) is 0 Å². The first-order chi connectivity index (χ1) is 69.2. The summed E-state index contributed by atoms with van der Waals surface area (Å²) in [6.07, 6.45) is 4.97. The van der Waals surface area contributed by atoms with Crippen molar-refractivity contribution in [3.8, 4) is 0 Å². The van der Waals surface area contributed by atoms with Gasteiger partial charge in [-0.05, 0) is 248 Å². The number of aryl methyl sites for hydroxylation is 3. The van der Waals surface area contributed by atoms with Crippen molar-refractivity contribution in [1.82, 2.24) is 0 Å². The van der Waals surface area contributed by atoms with Gasteiger partial charge in [0.2, 0.25) is 0 Å². The minimum Gasteiger partial charge on any atom is -0.454 e. The molecule has 0 radical (unpaired) electrons. The molecule has 0 fully saturated rings. The first-order valence-corrected chi connectivity index (χ1v) is 51.2. The lowest BCUT2D eigenvalue weighted by atomic mass is 9.70. The maximum Gasteiger partial charge on any atom is 0.159 e. The van der Waals surface area contributed by atoms with Gasteiger partial charge in [0.25, 0.3) is 0 Å². The second-order valence-corrected chi connectivity index (χ2v) is 42.6. The fraction of sp³-hybridized carbons (Fsp3) is 0.115. The van der Waals surface area contributed by atoms with Crippen LogP contribution >= 0.6 is 22.7 Å². The fourth-order valence-corrected chi connectivity index (χ4v) is 27.1. The van der Waals surface area contributed by atoms with Crippen LogP contribution in [-0.4, -0.2) is 0 Å². The molecule has 0 spiro atoms. The molecule has 8 nitrogen and oxygen atoms in total. The average molecular weight is 1850 g/mol. The molecule has 28 aromatic rings. The van der Waals surface area contributed by atoms with Crippen molar-refractivity contribution in [3.05, 3.63) is 409 Å². The molecule has 0 aliphatic heterocycles. The third-order valence-electron chi connectivity index (χ3n) is 31.4. The van der Waals surface area contributed by atoms with E-state index in [0.717, 1.165) is 159 Å². The number of hydrogen-bond donors (Lipinski definition) is 0. The lowest BCUT2D eigenvalue weighted by molar-refractivity contribution is 0.475. The van der Waals surface area contributed by atoms with Crippen LogP contribution in [0.5, 0.6) is 0 Å². The Morgan fingerprint density at radius 1 is 0.255 bits per heavy atom. The molecule has 2 aliphatic carbocycles. The van der Waals surface area contributed by atoms with Crippen molar-refractivity contribution < 1.29 is 17.7 Å². The molecule has 0 N–H and O–H groups in total. The van der Waals surface area contributed by atoms with E-state index < -0.39 is 0 Å². The second-order valence-electron chi connectivity index (χ2n) is 40.5. The van der Waals surface area contributed by atoms with Gasteiger partial charge in [-0.15, -0.1) is 22.7 Å². The predicted octanol–water partition coefficient (Wildman–Crippen LogP) is 39.5. The molecular weight excluding hydrogens is 1760 g/mol. The normalized spacial score (nSPS) is 13.7. The SMILES string of the molecule is CC(C)c1cc(N(c2cccc3c2oc2ccccc23)c2cccc3c2oc2ccccc23)c2cc3c4c(cc(N(c5cccc6c5oc5ccccc56)c5cccc6c5oc5ccccc56)c5ccc1c2c54)CCC3(C)C.CCc1cc(N(c2ccccc2)c2cccc3c2sc2ccccc23)c2cc3c4c(cc(N(c5ccccc5)c5cccc6c5sc5ccccc56)c5ccc1c2c54)CCC3(C)C. The Hall–Kier alpha value is -16.2. The van der Waals surface area contributed by atoms with Crippen LogP contribution in [0.4, 0.5) is 68.2 Å². The first kappa shape index (κ1) is 81.9. The number of para-hydroxylation sites is 10. The highest BCUT2D eigenvalue weighted by atomic mass is 32.1. The number of furan rings is 4. The second kappa shape index (κ2) is 30.9. The van der Waals surface area contributed by atoms with Gasteiger partial charge in [0.15, 0.2) is 22.3 Å². The summed E-state index contributed by atoms with van der Waals surface area (Å²) in [5.41, 5.74) is 28.0. The summed E-state index contributed by atoms with van der Waals surface area (Å²) in [4.78, 5) is 10.0. The van der Waals surface area contributed by atoms with Crippen molar-refractivity contribution in [1.29, 1.82) is 0 Å². The summed E-state index contributed by atoms with van der Waals surface area (Å²) in [6, 6.07) is 138. The monoisotopic (exact) mass is 1850 g/mol. The Labute approximate surface area is 821 Å². The smallest absolute Gasteiger partial charge is 0.159 e. The molecule has 674 valence electrons.